The third-order valence-corrected chi connectivity index (χ3v) is 5.98. The number of benzene rings is 2. The Hall–Kier alpha value is -2.18. The van der Waals surface area contributed by atoms with Gasteiger partial charge in [-0.15, -0.1) is 0 Å². The minimum Gasteiger partial charge on any atom is -0.338 e. The van der Waals surface area contributed by atoms with Crippen LogP contribution in [0.3, 0.4) is 0 Å². The summed E-state index contributed by atoms with van der Waals surface area (Å²) < 4.78 is 25.6. The number of carbonyl (C=O) groups excluding carboxylic acids is 1. The number of carbonyl (C=O) groups is 1. The molecule has 0 N–H and O–H groups in total. The molecule has 5 nitrogen and oxygen atoms in total. The molecule has 0 aliphatic carbocycles. The molecule has 1 aliphatic heterocycles. The first-order valence-electron chi connectivity index (χ1n) is 8.77. The molecule has 0 bridgehead atoms. The van der Waals surface area contributed by atoms with Crippen molar-refractivity contribution in [2.75, 3.05) is 19.3 Å². The van der Waals surface area contributed by atoms with Crippen LogP contribution in [-0.4, -0.2) is 42.9 Å². The molecule has 2 aromatic rings. The summed E-state index contributed by atoms with van der Waals surface area (Å²) >= 11 is 0. The smallest absolute Gasteiger partial charge is 0.224 e. The lowest BCUT2D eigenvalue weighted by atomic mass is 10.00. The first-order chi connectivity index (χ1) is 12.4. The third kappa shape index (κ3) is 4.71. The molecule has 1 aliphatic rings. The maximum absolute atomic E-state index is 12.6. The van der Waals surface area contributed by atoms with Crippen molar-refractivity contribution in [2.24, 2.45) is 0 Å². The standard InChI is InChI=1S/C20H24N2O3S/c1-26(24,25)22(15-17-7-3-2-4-8-17)14-12-20(23)21-13-11-18-9-5-6-10-19(18)16-21/h2-10H,11-16H2,1H3. The van der Waals surface area contributed by atoms with E-state index < -0.39 is 10.0 Å². The van der Waals surface area contributed by atoms with Crippen molar-refractivity contribution < 1.29 is 13.2 Å². The summed E-state index contributed by atoms with van der Waals surface area (Å²) in [6, 6.07) is 17.6. The van der Waals surface area contributed by atoms with Crippen molar-refractivity contribution >= 4 is 15.9 Å². The lowest BCUT2D eigenvalue weighted by molar-refractivity contribution is -0.132. The van der Waals surface area contributed by atoms with Crippen LogP contribution in [0.15, 0.2) is 54.6 Å². The maximum atomic E-state index is 12.6. The zero-order valence-electron chi connectivity index (χ0n) is 15.0. The van der Waals surface area contributed by atoms with Crippen molar-refractivity contribution in [3.05, 3.63) is 71.3 Å². The summed E-state index contributed by atoms with van der Waals surface area (Å²) in [5, 5.41) is 0. The van der Waals surface area contributed by atoms with E-state index in [1.54, 1.807) is 0 Å². The molecule has 0 spiro atoms. The number of amides is 1. The summed E-state index contributed by atoms with van der Waals surface area (Å²) in [5.74, 6) is 0.00112. The van der Waals surface area contributed by atoms with Crippen LogP contribution in [0.2, 0.25) is 0 Å². The molecular formula is C20H24N2O3S. The van der Waals surface area contributed by atoms with Gasteiger partial charge in [-0.2, -0.15) is 4.31 Å². The molecule has 6 heteroatoms. The van der Waals surface area contributed by atoms with Crippen LogP contribution in [0, 0.1) is 0 Å². The number of nitrogens with zero attached hydrogens (tertiary/aromatic N) is 2. The largest absolute Gasteiger partial charge is 0.338 e. The van der Waals surface area contributed by atoms with Crippen LogP contribution < -0.4 is 0 Å². The van der Waals surface area contributed by atoms with Gasteiger partial charge in [0.1, 0.15) is 0 Å². The molecule has 1 amide bonds. The van der Waals surface area contributed by atoms with E-state index in [0.717, 1.165) is 12.0 Å². The molecule has 3 rings (SSSR count). The van der Waals surface area contributed by atoms with Gasteiger partial charge in [-0.1, -0.05) is 54.6 Å². The van der Waals surface area contributed by atoms with Crippen LogP contribution in [0.25, 0.3) is 0 Å². The van der Waals surface area contributed by atoms with Crippen molar-refractivity contribution in [3.8, 4) is 0 Å². The van der Waals surface area contributed by atoms with E-state index in [1.165, 1.54) is 21.7 Å². The van der Waals surface area contributed by atoms with E-state index in [2.05, 4.69) is 6.07 Å². The quantitative estimate of drug-likeness (QED) is 0.782. The summed E-state index contributed by atoms with van der Waals surface area (Å²) in [6.45, 7) is 1.78. The highest BCUT2D eigenvalue weighted by molar-refractivity contribution is 7.88. The Kier molecular flexibility index (Phi) is 5.74. The number of rotatable bonds is 6. The SMILES string of the molecule is CS(=O)(=O)N(CCC(=O)N1CCc2ccccc2C1)Cc1ccccc1. The van der Waals surface area contributed by atoms with Crippen molar-refractivity contribution in [1.29, 1.82) is 0 Å². The molecule has 2 aromatic carbocycles. The Morgan fingerprint density at radius 3 is 2.38 bits per heavy atom. The highest BCUT2D eigenvalue weighted by atomic mass is 32.2. The van der Waals surface area contributed by atoms with Gasteiger partial charge in [-0.25, -0.2) is 8.42 Å². The van der Waals surface area contributed by atoms with Gasteiger partial charge in [-0.05, 0) is 23.1 Å². The van der Waals surface area contributed by atoms with Crippen molar-refractivity contribution in [3.63, 3.8) is 0 Å². The fourth-order valence-corrected chi connectivity index (χ4v) is 4.04. The predicted molar refractivity (Wildman–Crippen MR) is 102 cm³/mol. The second kappa shape index (κ2) is 8.01. The molecule has 1 heterocycles. The van der Waals surface area contributed by atoms with E-state index in [9.17, 15) is 13.2 Å². The molecule has 26 heavy (non-hydrogen) atoms. The van der Waals surface area contributed by atoms with E-state index in [-0.39, 0.29) is 25.4 Å². The van der Waals surface area contributed by atoms with E-state index in [0.29, 0.717) is 13.1 Å². The van der Waals surface area contributed by atoms with Gasteiger partial charge in [0, 0.05) is 32.6 Å². The average molecular weight is 372 g/mol. The zero-order valence-corrected chi connectivity index (χ0v) is 15.8. The second-order valence-corrected chi connectivity index (χ2v) is 8.65. The Bertz CT molecular complexity index is 866. The monoisotopic (exact) mass is 372 g/mol. The number of sulfonamides is 1. The van der Waals surface area contributed by atoms with Crippen LogP contribution in [0.5, 0.6) is 0 Å². The van der Waals surface area contributed by atoms with Gasteiger partial charge >= 0.3 is 0 Å². The summed E-state index contributed by atoms with van der Waals surface area (Å²) in [4.78, 5) is 14.4. The minimum atomic E-state index is -3.38. The normalized spacial score (nSPS) is 14.3. The molecule has 0 saturated carbocycles. The van der Waals surface area contributed by atoms with Gasteiger partial charge in [0.25, 0.3) is 0 Å². The Morgan fingerprint density at radius 1 is 1.04 bits per heavy atom. The van der Waals surface area contributed by atoms with Gasteiger partial charge in [0.2, 0.25) is 15.9 Å². The lowest BCUT2D eigenvalue weighted by Gasteiger charge is -2.29. The molecule has 0 aromatic heterocycles. The van der Waals surface area contributed by atoms with Crippen LogP contribution in [-0.2, 0) is 34.3 Å². The highest BCUT2D eigenvalue weighted by Crippen LogP contribution is 2.19. The maximum Gasteiger partial charge on any atom is 0.224 e. The molecule has 0 saturated heterocycles. The van der Waals surface area contributed by atoms with E-state index in [1.807, 2.05) is 53.4 Å². The minimum absolute atomic E-state index is 0.00112. The van der Waals surface area contributed by atoms with Gasteiger partial charge in [0.05, 0.1) is 6.26 Å². The number of fused-ring (bicyclic) bond motifs is 1. The van der Waals surface area contributed by atoms with Gasteiger partial charge < -0.3 is 4.90 Å². The third-order valence-electron chi connectivity index (χ3n) is 4.73. The second-order valence-electron chi connectivity index (χ2n) is 6.67. The molecule has 0 radical (unpaired) electrons. The Balaban J connectivity index is 1.61. The zero-order chi connectivity index (χ0) is 18.6. The van der Waals surface area contributed by atoms with Gasteiger partial charge in [0.15, 0.2) is 0 Å². The Morgan fingerprint density at radius 2 is 1.69 bits per heavy atom. The number of hydrogen-bond acceptors (Lipinski definition) is 3. The van der Waals surface area contributed by atoms with Crippen LogP contribution in [0.4, 0.5) is 0 Å². The highest BCUT2D eigenvalue weighted by Gasteiger charge is 2.23. The van der Waals surface area contributed by atoms with Crippen molar-refractivity contribution in [1.82, 2.24) is 9.21 Å². The topological polar surface area (TPSA) is 57.7 Å². The predicted octanol–water partition coefficient (Wildman–Crippen LogP) is 2.42. The van der Waals surface area contributed by atoms with E-state index >= 15 is 0 Å². The summed E-state index contributed by atoms with van der Waals surface area (Å²) in [7, 11) is -3.38. The molecule has 0 unspecified atom stereocenters. The fraction of sp³-hybridized carbons (Fsp3) is 0.350. The Labute approximate surface area is 155 Å². The van der Waals surface area contributed by atoms with Crippen LogP contribution in [0.1, 0.15) is 23.1 Å². The fourth-order valence-electron chi connectivity index (χ4n) is 3.24. The average Bonchev–Trinajstić information content (AvgIpc) is 2.64. The molecular weight excluding hydrogens is 348 g/mol. The first kappa shape index (κ1) is 18.6. The summed E-state index contributed by atoms with van der Waals surface area (Å²) in [5.41, 5.74) is 3.38. The summed E-state index contributed by atoms with van der Waals surface area (Å²) in [6.07, 6.45) is 2.24. The number of hydrogen-bond donors (Lipinski definition) is 0. The van der Waals surface area contributed by atoms with Gasteiger partial charge in [-0.3, -0.25) is 4.79 Å². The molecule has 138 valence electrons. The van der Waals surface area contributed by atoms with Crippen LogP contribution >= 0.6 is 0 Å². The molecule has 0 atom stereocenters. The molecule has 0 fully saturated rings. The first-order valence-corrected chi connectivity index (χ1v) is 10.6. The van der Waals surface area contributed by atoms with Crippen molar-refractivity contribution in [2.45, 2.75) is 25.9 Å². The lowest BCUT2D eigenvalue weighted by Crippen LogP contribution is -2.39. The van der Waals surface area contributed by atoms with E-state index in [4.69, 9.17) is 0 Å².